The summed E-state index contributed by atoms with van der Waals surface area (Å²) in [6, 6.07) is 18.2. The number of pyridine rings is 1. The number of anilines is 4. The lowest BCUT2D eigenvalue weighted by Gasteiger charge is -2.13. The summed E-state index contributed by atoms with van der Waals surface area (Å²) in [5.74, 6) is 0.270. The summed E-state index contributed by atoms with van der Waals surface area (Å²) in [5, 5.41) is 3.24. The smallest absolute Gasteiger partial charge is 0.263 e. The average Bonchev–Trinajstić information content (AvgIpc) is 2.64. The third-order valence-corrected chi connectivity index (χ3v) is 5.57. The normalized spacial score (nSPS) is 11.1. The van der Waals surface area contributed by atoms with Gasteiger partial charge in [-0.15, -0.1) is 0 Å². The van der Waals surface area contributed by atoms with E-state index in [0.717, 1.165) is 17.1 Å². The Balaban J connectivity index is 1.71. The Hall–Kier alpha value is -3.06. The molecular weight excluding hydrogens is 360 g/mol. The van der Waals surface area contributed by atoms with E-state index >= 15 is 0 Å². The first kappa shape index (κ1) is 18.7. The van der Waals surface area contributed by atoms with E-state index in [1.54, 1.807) is 49.5 Å². The number of aromatic nitrogens is 1. The predicted molar refractivity (Wildman–Crippen MR) is 110 cm³/mol. The maximum atomic E-state index is 12.5. The Morgan fingerprint density at radius 3 is 2.15 bits per heavy atom. The molecule has 0 atom stereocenters. The second-order valence-electron chi connectivity index (χ2n) is 6.37. The second-order valence-corrected chi connectivity index (χ2v) is 8.02. The van der Waals surface area contributed by atoms with Crippen molar-refractivity contribution in [1.29, 1.82) is 0 Å². The molecule has 0 spiro atoms. The third-order valence-electron chi connectivity index (χ3n) is 4.06. The van der Waals surface area contributed by atoms with E-state index < -0.39 is 10.0 Å². The lowest BCUT2D eigenvalue weighted by Crippen LogP contribution is -2.15. The van der Waals surface area contributed by atoms with E-state index in [1.807, 2.05) is 43.3 Å². The SMILES string of the molecule is Cc1ccccc1S(=O)(=O)Nc1ccc(Nc2ccc(N(C)C)cc2)cn1. The van der Waals surface area contributed by atoms with E-state index in [0.29, 0.717) is 5.56 Å². The number of sulfonamides is 1. The monoisotopic (exact) mass is 382 g/mol. The molecule has 0 unspecified atom stereocenters. The first-order valence-electron chi connectivity index (χ1n) is 8.44. The van der Waals surface area contributed by atoms with Gasteiger partial charge in [0.15, 0.2) is 0 Å². The highest BCUT2D eigenvalue weighted by Crippen LogP contribution is 2.22. The highest BCUT2D eigenvalue weighted by Gasteiger charge is 2.16. The van der Waals surface area contributed by atoms with E-state index in [1.165, 1.54) is 0 Å². The number of aryl methyl sites for hydroxylation is 1. The van der Waals surface area contributed by atoms with Crippen LogP contribution in [-0.4, -0.2) is 27.5 Å². The molecule has 0 saturated carbocycles. The maximum Gasteiger partial charge on any atom is 0.263 e. The average molecular weight is 382 g/mol. The van der Waals surface area contributed by atoms with E-state index in [9.17, 15) is 8.42 Å². The molecule has 7 heteroatoms. The summed E-state index contributed by atoms with van der Waals surface area (Å²) in [5.41, 5.74) is 3.49. The lowest BCUT2D eigenvalue weighted by atomic mass is 10.2. The van der Waals surface area contributed by atoms with Gasteiger partial charge < -0.3 is 10.2 Å². The Labute approximate surface area is 159 Å². The van der Waals surface area contributed by atoms with Crippen molar-refractivity contribution in [3.05, 3.63) is 72.4 Å². The zero-order chi connectivity index (χ0) is 19.4. The quantitative estimate of drug-likeness (QED) is 0.674. The minimum absolute atomic E-state index is 0.245. The molecule has 0 aliphatic carbocycles. The topological polar surface area (TPSA) is 74.3 Å². The summed E-state index contributed by atoms with van der Waals surface area (Å²) in [6.07, 6.45) is 1.59. The van der Waals surface area contributed by atoms with Crippen molar-refractivity contribution >= 4 is 32.9 Å². The van der Waals surface area contributed by atoms with Crippen molar-refractivity contribution in [2.45, 2.75) is 11.8 Å². The van der Waals surface area contributed by atoms with Crippen LogP contribution in [0.15, 0.2) is 71.8 Å². The first-order valence-corrected chi connectivity index (χ1v) is 9.92. The largest absolute Gasteiger partial charge is 0.378 e. The minimum atomic E-state index is -3.67. The maximum absolute atomic E-state index is 12.5. The molecule has 1 aromatic heterocycles. The Morgan fingerprint density at radius 1 is 0.889 bits per heavy atom. The van der Waals surface area contributed by atoms with Crippen LogP contribution in [0, 0.1) is 6.92 Å². The molecule has 0 aliphatic rings. The molecule has 27 heavy (non-hydrogen) atoms. The molecule has 3 aromatic rings. The van der Waals surface area contributed by atoms with Gasteiger partial charge in [-0.1, -0.05) is 18.2 Å². The summed E-state index contributed by atoms with van der Waals surface area (Å²) in [4.78, 5) is 6.47. The fraction of sp³-hybridized carbons (Fsp3) is 0.150. The molecule has 0 radical (unpaired) electrons. The molecule has 2 N–H and O–H groups in total. The molecule has 140 valence electrons. The van der Waals surface area contributed by atoms with Crippen LogP contribution in [0.1, 0.15) is 5.56 Å². The number of hydrogen-bond acceptors (Lipinski definition) is 5. The summed E-state index contributed by atoms with van der Waals surface area (Å²) >= 11 is 0. The van der Waals surface area contributed by atoms with Crippen LogP contribution >= 0.6 is 0 Å². The van der Waals surface area contributed by atoms with Gasteiger partial charge in [-0.05, 0) is 55.0 Å². The Kier molecular flexibility index (Phi) is 5.32. The fourth-order valence-electron chi connectivity index (χ4n) is 2.59. The number of rotatable bonds is 6. The lowest BCUT2D eigenvalue weighted by molar-refractivity contribution is 0.600. The van der Waals surface area contributed by atoms with Crippen LogP contribution in [0.4, 0.5) is 22.9 Å². The van der Waals surface area contributed by atoms with Gasteiger partial charge in [0.05, 0.1) is 16.8 Å². The standard InChI is InChI=1S/C20H22N4O2S/c1-15-6-4-5-7-19(15)27(25,26)23-20-13-10-17(14-21-20)22-16-8-11-18(12-9-16)24(2)3/h4-14,22H,1-3H3,(H,21,23). The van der Waals surface area contributed by atoms with Crippen LogP contribution in [0.2, 0.25) is 0 Å². The molecule has 1 heterocycles. The van der Waals surface area contributed by atoms with Gasteiger partial charge in [-0.2, -0.15) is 0 Å². The minimum Gasteiger partial charge on any atom is -0.378 e. The van der Waals surface area contributed by atoms with E-state index in [-0.39, 0.29) is 10.7 Å². The van der Waals surface area contributed by atoms with Crippen LogP contribution in [-0.2, 0) is 10.0 Å². The Morgan fingerprint density at radius 2 is 1.56 bits per heavy atom. The van der Waals surface area contributed by atoms with Gasteiger partial charge in [-0.3, -0.25) is 4.72 Å². The molecule has 2 aromatic carbocycles. The van der Waals surface area contributed by atoms with Crippen LogP contribution < -0.4 is 14.9 Å². The molecule has 0 amide bonds. The van der Waals surface area contributed by atoms with E-state index in [2.05, 4.69) is 15.0 Å². The van der Waals surface area contributed by atoms with Gasteiger partial charge in [-0.25, -0.2) is 13.4 Å². The molecule has 0 fully saturated rings. The zero-order valence-corrected chi connectivity index (χ0v) is 16.3. The van der Waals surface area contributed by atoms with Crippen molar-refractivity contribution in [2.24, 2.45) is 0 Å². The van der Waals surface area contributed by atoms with Crippen LogP contribution in [0.5, 0.6) is 0 Å². The first-order chi connectivity index (χ1) is 12.8. The number of hydrogen-bond donors (Lipinski definition) is 2. The summed E-state index contributed by atoms with van der Waals surface area (Å²) in [7, 11) is 0.312. The molecule has 3 rings (SSSR count). The third kappa shape index (κ3) is 4.57. The molecular formula is C20H22N4O2S. The van der Waals surface area contributed by atoms with Crippen molar-refractivity contribution in [3.8, 4) is 0 Å². The van der Waals surface area contributed by atoms with Gasteiger partial charge in [0.25, 0.3) is 10.0 Å². The summed E-state index contributed by atoms with van der Waals surface area (Å²) in [6.45, 7) is 1.76. The van der Waals surface area contributed by atoms with Crippen molar-refractivity contribution in [2.75, 3.05) is 29.0 Å². The van der Waals surface area contributed by atoms with Gasteiger partial charge in [0, 0.05) is 25.5 Å². The zero-order valence-electron chi connectivity index (χ0n) is 15.5. The second kappa shape index (κ2) is 7.67. The molecule has 0 saturated heterocycles. The Bertz CT molecular complexity index is 1010. The van der Waals surface area contributed by atoms with Crippen LogP contribution in [0.25, 0.3) is 0 Å². The van der Waals surface area contributed by atoms with Crippen molar-refractivity contribution in [1.82, 2.24) is 4.98 Å². The number of nitrogens with zero attached hydrogens (tertiary/aromatic N) is 2. The van der Waals surface area contributed by atoms with Gasteiger partial charge >= 0.3 is 0 Å². The molecule has 0 aliphatic heterocycles. The predicted octanol–water partition coefficient (Wildman–Crippen LogP) is 4.00. The molecule has 0 bridgehead atoms. The van der Waals surface area contributed by atoms with Gasteiger partial charge in [0.1, 0.15) is 5.82 Å². The van der Waals surface area contributed by atoms with Crippen molar-refractivity contribution in [3.63, 3.8) is 0 Å². The van der Waals surface area contributed by atoms with E-state index in [4.69, 9.17) is 0 Å². The summed E-state index contributed by atoms with van der Waals surface area (Å²) < 4.78 is 27.5. The van der Waals surface area contributed by atoms with Crippen molar-refractivity contribution < 1.29 is 8.42 Å². The molecule has 6 nitrogen and oxygen atoms in total. The fourth-order valence-corrected chi connectivity index (χ4v) is 3.84. The van der Waals surface area contributed by atoms with Gasteiger partial charge in [0.2, 0.25) is 0 Å². The number of nitrogens with one attached hydrogen (secondary N) is 2. The highest BCUT2D eigenvalue weighted by atomic mass is 32.2. The van der Waals surface area contributed by atoms with Crippen LogP contribution in [0.3, 0.4) is 0 Å². The highest BCUT2D eigenvalue weighted by molar-refractivity contribution is 7.92. The number of benzene rings is 2.